The number of rotatable bonds is 8. The molecule has 0 aromatic heterocycles. The van der Waals surface area contributed by atoms with Crippen LogP contribution in [0.1, 0.15) is 66.7 Å². The predicted molar refractivity (Wildman–Crippen MR) is 73.4 cm³/mol. The number of nitrogens with one attached hydrogen (secondary N) is 1. The fourth-order valence-electron chi connectivity index (χ4n) is 1.02. The molecular weight excluding hydrogens is 184 g/mol. The quantitative estimate of drug-likeness (QED) is 0.611. The summed E-state index contributed by atoms with van der Waals surface area (Å²) in [5, 5.41) is 3.40. The van der Waals surface area contributed by atoms with Crippen LogP contribution in [0.2, 0.25) is 0 Å². The Balaban J connectivity index is -0.000000318. The van der Waals surface area contributed by atoms with Gasteiger partial charge in [-0.25, -0.2) is 0 Å². The molecule has 0 rings (SSSR count). The van der Waals surface area contributed by atoms with Gasteiger partial charge >= 0.3 is 0 Å². The van der Waals surface area contributed by atoms with Crippen molar-refractivity contribution in [1.82, 2.24) is 5.32 Å². The normalized spacial score (nSPS) is 8.40. The molecule has 0 saturated heterocycles. The largest absolute Gasteiger partial charge is 0.330 e. The summed E-state index contributed by atoms with van der Waals surface area (Å²) in [6, 6.07) is 0. The predicted octanol–water partition coefficient (Wildman–Crippen LogP) is 3.56. The maximum absolute atomic E-state index is 5.36. The second kappa shape index (κ2) is 29.2. The van der Waals surface area contributed by atoms with Crippen molar-refractivity contribution in [3.63, 3.8) is 0 Å². The van der Waals surface area contributed by atoms with E-state index in [4.69, 9.17) is 5.73 Å². The van der Waals surface area contributed by atoms with Gasteiger partial charge in [0, 0.05) is 0 Å². The van der Waals surface area contributed by atoms with E-state index in [0.29, 0.717) is 0 Å². The highest BCUT2D eigenvalue weighted by atomic mass is 14.8. The van der Waals surface area contributed by atoms with E-state index >= 15 is 0 Å². The Morgan fingerprint density at radius 1 is 0.800 bits per heavy atom. The Labute approximate surface area is 98.0 Å². The average Bonchev–Trinajstić information content (AvgIpc) is 2.33. The lowest BCUT2D eigenvalue weighted by Gasteiger charge is -2.02. The van der Waals surface area contributed by atoms with Gasteiger partial charge in [-0.3, -0.25) is 0 Å². The standard InChI is InChI=1S/C9H22N2.2C2H6/c1-2-3-5-8-11-9-6-4-7-10;2*1-2/h11H,2-10H2,1H3;2*1-2H3. The van der Waals surface area contributed by atoms with Crippen LogP contribution in [-0.4, -0.2) is 19.6 Å². The molecule has 15 heavy (non-hydrogen) atoms. The highest BCUT2D eigenvalue weighted by molar-refractivity contribution is 4.48. The van der Waals surface area contributed by atoms with Gasteiger partial charge in [-0.05, 0) is 38.9 Å². The van der Waals surface area contributed by atoms with Crippen molar-refractivity contribution in [2.45, 2.75) is 66.7 Å². The van der Waals surface area contributed by atoms with Crippen molar-refractivity contribution in [3.05, 3.63) is 0 Å². The van der Waals surface area contributed by atoms with Gasteiger partial charge in [-0.2, -0.15) is 0 Å². The van der Waals surface area contributed by atoms with Gasteiger partial charge in [-0.15, -0.1) is 0 Å². The van der Waals surface area contributed by atoms with Crippen LogP contribution < -0.4 is 11.1 Å². The molecule has 0 fully saturated rings. The van der Waals surface area contributed by atoms with Crippen molar-refractivity contribution in [1.29, 1.82) is 0 Å². The van der Waals surface area contributed by atoms with Crippen LogP contribution in [0.15, 0.2) is 0 Å². The van der Waals surface area contributed by atoms with Gasteiger partial charge in [0.2, 0.25) is 0 Å². The van der Waals surface area contributed by atoms with E-state index in [1.165, 1.54) is 32.2 Å². The minimum absolute atomic E-state index is 0.830. The third-order valence-corrected chi connectivity index (χ3v) is 1.76. The maximum Gasteiger partial charge on any atom is -0.00484 e. The average molecular weight is 218 g/mol. The molecule has 0 aromatic carbocycles. The summed E-state index contributed by atoms with van der Waals surface area (Å²) in [6.45, 7) is 13.4. The zero-order valence-electron chi connectivity index (χ0n) is 11.7. The van der Waals surface area contributed by atoms with Gasteiger partial charge in [0.05, 0.1) is 0 Å². The first kappa shape index (κ1) is 20.3. The van der Waals surface area contributed by atoms with Gasteiger partial charge in [-0.1, -0.05) is 47.5 Å². The minimum atomic E-state index is 0.830. The molecule has 0 spiro atoms. The van der Waals surface area contributed by atoms with Crippen LogP contribution in [0.5, 0.6) is 0 Å². The summed E-state index contributed by atoms with van der Waals surface area (Å²) in [5.41, 5.74) is 5.36. The Morgan fingerprint density at radius 3 is 1.67 bits per heavy atom. The summed E-state index contributed by atoms with van der Waals surface area (Å²) in [5.74, 6) is 0. The van der Waals surface area contributed by atoms with Gasteiger partial charge < -0.3 is 11.1 Å². The van der Waals surface area contributed by atoms with E-state index < -0.39 is 0 Å². The molecule has 0 aliphatic carbocycles. The topological polar surface area (TPSA) is 38.0 Å². The van der Waals surface area contributed by atoms with Crippen LogP contribution in [0.25, 0.3) is 0 Å². The van der Waals surface area contributed by atoms with Gasteiger partial charge in [0.1, 0.15) is 0 Å². The van der Waals surface area contributed by atoms with E-state index in [-0.39, 0.29) is 0 Å². The minimum Gasteiger partial charge on any atom is -0.330 e. The number of unbranched alkanes of at least 4 members (excludes halogenated alkanes) is 3. The molecule has 0 amide bonds. The molecule has 96 valence electrons. The zero-order valence-corrected chi connectivity index (χ0v) is 11.7. The molecule has 0 saturated carbocycles. The van der Waals surface area contributed by atoms with E-state index in [2.05, 4.69) is 12.2 Å². The highest BCUT2D eigenvalue weighted by Gasteiger charge is 1.87. The lowest BCUT2D eigenvalue weighted by atomic mass is 10.2. The summed E-state index contributed by atoms with van der Waals surface area (Å²) < 4.78 is 0. The van der Waals surface area contributed by atoms with Crippen LogP contribution >= 0.6 is 0 Å². The molecule has 0 heterocycles. The fourth-order valence-corrected chi connectivity index (χ4v) is 1.02. The molecular formula is C13H34N2. The van der Waals surface area contributed by atoms with E-state index in [1.54, 1.807) is 0 Å². The number of hydrogen-bond acceptors (Lipinski definition) is 2. The first-order valence-corrected chi connectivity index (χ1v) is 6.82. The molecule has 2 heteroatoms. The van der Waals surface area contributed by atoms with Crippen LogP contribution in [0.3, 0.4) is 0 Å². The molecule has 0 bridgehead atoms. The smallest absolute Gasteiger partial charge is 0.00484 e. The molecule has 2 nitrogen and oxygen atoms in total. The van der Waals surface area contributed by atoms with Crippen molar-refractivity contribution in [2.75, 3.05) is 19.6 Å². The van der Waals surface area contributed by atoms with Crippen LogP contribution in [0.4, 0.5) is 0 Å². The molecule has 0 radical (unpaired) electrons. The van der Waals surface area contributed by atoms with E-state index in [0.717, 1.165) is 19.5 Å². The first-order valence-electron chi connectivity index (χ1n) is 6.82. The molecule has 0 aliphatic heterocycles. The van der Waals surface area contributed by atoms with Crippen molar-refractivity contribution in [3.8, 4) is 0 Å². The molecule has 0 unspecified atom stereocenters. The Kier molecular flexibility index (Phi) is 39.6. The Bertz CT molecular complexity index is 57.6. The monoisotopic (exact) mass is 218 g/mol. The molecule has 0 aromatic rings. The first-order chi connectivity index (χ1) is 7.41. The van der Waals surface area contributed by atoms with E-state index in [1.807, 2.05) is 27.7 Å². The van der Waals surface area contributed by atoms with Crippen LogP contribution in [-0.2, 0) is 0 Å². The lowest BCUT2D eigenvalue weighted by Crippen LogP contribution is -2.17. The van der Waals surface area contributed by atoms with Crippen molar-refractivity contribution >= 4 is 0 Å². The third-order valence-electron chi connectivity index (χ3n) is 1.76. The Hall–Kier alpha value is -0.0800. The third kappa shape index (κ3) is 31.5. The summed E-state index contributed by atoms with van der Waals surface area (Å²) in [7, 11) is 0. The zero-order chi connectivity index (χ0) is 12.4. The Morgan fingerprint density at radius 2 is 1.27 bits per heavy atom. The summed E-state index contributed by atoms with van der Waals surface area (Å²) >= 11 is 0. The van der Waals surface area contributed by atoms with E-state index in [9.17, 15) is 0 Å². The summed E-state index contributed by atoms with van der Waals surface area (Å²) in [6.07, 6.45) is 6.36. The highest BCUT2D eigenvalue weighted by Crippen LogP contribution is 1.91. The number of hydrogen-bond donors (Lipinski definition) is 2. The molecule has 0 aliphatic rings. The van der Waals surface area contributed by atoms with Crippen LogP contribution in [0, 0.1) is 0 Å². The molecule has 0 atom stereocenters. The van der Waals surface area contributed by atoms with Gasteiger partial charge in [0.15, 0.2) is 0 Å². The lowest BCUT2D eigenvalue weighted by molar-refractivity contribution is 0.588. The SMILES string of the molecule is CC.CC.CCCCCNCCCCN. The summed E-state index contributed by atoms with van der Waals surface area (Å²) in [4.78, 5) is 0. The van der Waals surface area contributed by atoms with Gasteiger partial charge in [0.25, 0.3) is 0 Å². The second-order valence-electron chi connectivity index (χ2n) is 2.95. The fraction of sp³-hybridized carbons (Fsp3) is 1.00. The second-order valence-corrected chi connectivity index (χ2v) is 2.95. The van der Waals surface area contributed by atoms with Crippen molar-refractivity contribution in [2.24, 2.45) is 5.73 Å². The number of nitrogens with two attached hydrogens (primary N) is 1. The van der Waals surface area contributed by atoms with Crippen molar-refractivity contribution < 1.29 is 0 Å². The molecule has 3 N–H and O–H groups in total. The maximum atomic E-state index is 5.36.